The summed E-state index contributed by atoms with van der Waals surface area (Å²) < 4.78 is 31.2. The lowest BCUT2D eigenvalue weighted by atomic mass is 10.1. The lowest BCUT2D eigenvalue weighted by molar-refractivity contribution is 0.0950. The van der Waals surface area contributed by atoms with Crippen LogP contribution in [0.15, 0.2) is 66.7 Å². The van der Waals surface area contributed by atoms with Gasteiger partial charge >= 0.3 is 0 Å². The molecule has 0 spiro atoms. The SMILES string of the molecule is COc1ccccc1CNC(=O)c1ccc(CN(c2cc(Cl)cc(Cl)c2)S(C)(=O)=O)cc1. The number of carbonyl (C=O) groups excluding carboxylic acids is 1. The number of rotatable bonds is 8. The van der Waals surface area contributed by atoms with Gasteiger partial charge in [0.25, 0.3) is 5.91 Å². The summed E-state index contributed by atoms with van der Waals surface area (Å²) in [7, 11) is -2.02. The molecule has 0 atom stereocenters. The van der Waals surface area contributed by atoms with Crippen molar-refractivity contribution in [1.29, 1.82) is 0 Å². The van der Waals surface area contributed by atoms with Gasteiger partial charge in [-0.3, -0.25) is 9.10 Å². The van der Waals surface area contributed by atoms with Gasteiger partial charge in [-0.05, 0) is 42.0 Å². The number of nitrogens with zero attached hydrogens (tertiary/aromatic N) is 1. The number of anilines is 1. The number of sulfonamides is 1. The van der Waals surface area contributed by atoms with E-state index in [0.29, 0.717) is 39.2 Å². The highest BCUT2D eigenvalue weighted by atomic mass is 35.5. The maximum absolute atomic E-state index is 12.5. The van der Waals surface area contributed by atoms with E-state index in [1.807, 2.05) is 24.3 Å². The fourth-order valence-electron chi connectivity index (χ4n) is 3.14. The van der Waals surface area contributed by atoms with E-state index in [-0.39, 0.29) is 12.5 Å². The highest BCUT2D eigenvalue weighted by Crippen LogP contribution is 2.28. The lowest BCUT2D eigenvalue weighted by Gasteiger charge is -2.23. The normalized spacial score (nSPS) is 11.1. The maximum atomic E-state index is 12.5. The minimum atomic E-state index is -3.60. The molecule has 0 aliphatic carbocycles. The first kappa shape index (κ1) is 23.9. The average Bonchev–Trinajstić information content (AvgIpc) is 2.75. The molecule has 0 bridgehead atoms. The predicted octanol–water partition coefficient (Wildman–Crippen LogP) is 4.90. The summed E-state index contributed by atoms with van der Waals surface area (Å²) in [5, 5.41) is 3.53. The van der Waals surface area contributed by atoms with Crippen molar-refractivity contribution in [2.45, 2.75) is 13.1 Å². The van der Waals surface area contributed by atoms with Crippen molar-refractivity contribution in [2.24, 2.45) is 0 Å². The molecule has 3 aromatic rings. The van der Waals surface area contributed by atoms with Crippen molar-refractivity contribution < 1.29 is 17.9 Å². The summed E-state index contributed by atoms with van der Waals surface area (Å²) in [6.45, 7) is 0.389. The quantitative estimate of drug-likeness (QED) is 0.485. The molecule has 3 rings (SSSR count). The van der Waals surface area contributed by atoms with E-state index < -0.39 is 10.0 Å². The molecule has 0 aliphatic rings. The van der Waals surface area contributed by atoms with E-state index in [1.165, 1.54) is 22.5 Å². The third kappa shape index (κ3) is 6.16. The number of amides is 1. The van der Waals surface area contributed by atoms with Gasteiger partial charge in [-0.15, -0.1) is 0 Å². The summed E-state index contributed by atoms with van der Waals surface area (Å²) in [6, 6.07) is 18.8. The molecule has 0 aliphatic heterocycles. The molecule has 6 nitrogen and oxygen atoms in total. The molecule has 0 fully saturated rings. The van der Waals surface area contributed by atoms with E-state index in [4.69, 9.17) is 27.9 Å². The molecule has 168 valence electrons. The number of hydrogen-bond donors (Lipinski definition) is 1. The first-order chi connectivity index (χ1) is 15.2. The topological polar surface area (TPSA) is 75.7 Å². The van der Waals surface area contributed by atoms with Gasteiger partial charge in [-0.25, -0.2) is 8.42 Å². The van der Waals surface area contributed by atoms with Crippen LogP contribution >= 0.6 is 23.2 Å². The predicted molar refractivity (Wildman–Crippen MR) is 128 cm³/mol. The Balaban J connectivity index is 1.73. The number of benzene rings is 3. The van der Waals surface area contributed by atoms with Crippen LogP contribution in [-0.4, -0.2) is 27.7 Å². The van der Waals surface area contributed by atoms with E-state index in [0.717, 1.165) is 11.8 Å². The van der Waals surface area contributed by atoms with Gasteiger partial charge in [0.15, 0.2) is 0 Å². The molecular weight excluding hydrogens is 471 g/mol. The zero-order valence-electron chi connectivity index (χ0n) is 17.5. The van der Waals surface area contributed by atoms with Crippen LogP contribution in [0.2, 0.25) is 10.0 Å². The van der Waals surface area contributed by atoms with Crippen LogP contribution in [0.25, 0.3) is 0 Å². The van der Waals surface area contributed by atoms with Crippen LogP contribution in [0.3, 0.4) is 0 Å². The Hall–Kier alpha value is -2.74. The Morgan fingerprint density at radius 3 is 2.22 bits per heavy atom. The minimum Gasteiger partial charge on any atom is -0.496 e. The number of methoxy groups -OCH3 is 1. The second kappa shape index (κ2) is 10.3. The minimum absolute atomic E-state index is 0.0681. The summed E-state index contributed by atoms with van der Waals surface area (Å²) in [6.07, 6.45) is 1.11. The first-order valence-electron chi connectivity index (χ1n) is 9.60. The molecular formula is C23H22Cl2N2O4S. The smallest absolute Gasteiger partial charge is 0.251 e. The Morgan fingerprint density at radius 2 is 1.62 bits per heavy atom. The second-order valence-electron chi connectivity index (χ2n) is 7.09. The van der Waals surface area contributed by atoms with Crippen LogP contribution in [0.4, 0.5) is 5.69 Å². The molecule has 0 unspecified atom stereocenters. The van der Waals surface area contributed by atoms with Crippen molar-refractivity contribution in [2.75, 3.05) is 17.7 Å². The monoisotopic (exact) mass is 492 g/mol. The fraction of sp³-hybridized carbons (Fsp3) is 0.174. The molecule has 0 saturated heterocycles. The number of para-hydroxylation sites is 1. The summed E-state index contributed by atoms with van der Waals surface area (Å²) in [4.78, 5) is 12.5. The summed E-state index contributed by atoms with van der Waals surface area (Å²) in [5.74, 6) is 0.453. The molecule has 3 aromatic carbocycles. The van der Waals surface area contributed by atoms with Crippen LogP contribution in [-0.2, 0) is 23.1 Å². The molecule has 1 N–H and O–H groups in total. The maximum Gasteiger partial charge on any atom is 0.251 e. The van der Waals surface area contributed by atoms with E-state index >= 15 is 0 Å². The van der Waals surface area contributed by atoms with Crippen LogP contribution in [0.1, 0.15) is 21.5 Å². The molecule has 0 saturated carbocycles. The van der Waals surface area contributed by atoms with Gasteiger partial charge < -0.3 is 10.1 Å². The van der Waals surface area contributed by atoms with Crippen LogP contribution in [0, 0.1) is 0 Å². The largest absolute Gasteiger partial charge is 0.496 e. The fourth-order valence-corrected chi connectivity index (χ4v) is 4.52. The Kier molecular flexibility index (Phi) is 7.66. The summed E-state index contributed by atoms with van der Waals surface area (Å²) >= 11 is 12.1. The lowest BCUT2D eigenvalue weighted by Crippen LogP contribution is -2.29. The first-order valence-corrected chi connectivity index (χ1v) is 12.2. The van der Waals surface area contributed by atoms with Gasteiger partial charge in [-0.2, -0.15) is 0 Å². The number of ether oxygens (including phenoxy) is 1. The third-order valence-corrected chi connectivity index (χ3v) is 6.29. The number of halogens is 2. The van der Waals surface area contributed by atoms with Crippen molar-refractivity contribution >= 4 is 44.8 Å². The molecule has 0 radical (unpaired) electrons. The molecule has 32 heavy (non-hydrogen) atoms. The highest BCUT2D eigenvalue weighted by molar-refractivity contribution is 7.92. The van der Waals surface area contributed by atoms with Gasteiger partial charge in [0.1, 0.15) is 5.75 Å². The molecule has 0 aromatic heterocycles. The van der Waals surface area contributed by atoms with Gasteiger partial charge in [-0.1, -0.05) is 53.5 Å². The van der Waals surface area contributed by atoms with Gasteiger partial charge in [0.2, 0.25) is 10.0 Å². The van der Waals surface area contributed by atoms with Crippen LogP contribution in [0.5, 0.6) is 5.75 Å². The van der Waals surface area contributed by atoms with Crippen molar-refractivity contribution in [3.63, 3.8) is 0 Å². The van der Waals surface area contributed by atoms with E-state index in [9.17, 15) is 13.2 Å². The molecule has 9 heteroatoms. The van der Waals surface area contributed by atoms with E-state index in [1.54, 1.807) is 31.4 Å². The highest BCUT2D eigenvalue weighted by Gasteiger charge is 2.19. The Morgan fingerprint density at radius 1 is 1.00 bits per heavy atom. The molecule has 0 heterocycles. The van der Waals surface area contributed by atoms with Crippen molar-refractivity contribution in [1.82, 2.24) is 5.32 Å². The second-order valence-corrected chi connectivity index (χ2v) is 9.87. The van der Waals surface area contributed by atoms with E-state index in [2.05, 4.69) is 5.32 Å². The van der Waals surface area contributed by atoms with Gasteiger partial charge in [0.05, 0.1) is 25.6 Å². The van der Waals surface area contributed by atoms with Crippen LogP contribution < -0.4 is 14.4 Å². The zero-order chi connectivity index (χ0) is 23.3. The standard InChI is InChI=1S/C23H22Cl2N2O4S/c1-31-22-6-4-3-5-18(22)14-26-23(28)17-9-7-16(8-10-17)15-27(32(2,29)30)21-12-19(24)11-20(25)13-21/h3-13H,14-15H2,1-2H3,(H,26,28). The average molecular weight is 493 g/mol. The van der Waals surface area contributed by atoms with Gasteiger partial charge in [0, 0.05) is 27.7 Å². The number of hydrogen-bond acceptors (Lipinski definition) is 4. The Labute approximate surface area is 197 Å². The molecule has 1 amide bonds. The Bertz CT molecular complexity index is 1190. The van der Waals surface area contributed by atoms with Crippen molar-refractivity contribution in [3.05, 3.63) is 93.5 Å². The summed E-state index contributed by atoms with van der Waals surface area (Å²) in [5.41, 5.74) is 2.39. The zero-order valence-corrected chi connectivity index (χ0v) is 19.8. The number of carbonyl (C=O) groups is 1. The van der Waals surface area contributed by atoms with Crippen molar-refractivity contribution in [3.8, 4) is 5.75 Å². The number of nitrogens with one attached hydrogen (secondary N) is 1. The third-order valence-electron chi connectivity index (χ3n) is 4.71.